The number of nitrogens with zero attached hydrogens (tertiary/aromatic N) is 1. The molecule has 2 aromatic carbocycles. The summed E-state index contributed by atoms with van der Waals surface area (Å²) in [6.45, 7) is 0.424. The van der Waals surface area contributed by atoms with Gasteiger partial charge in [-0.25, -0.2) is 0 Å². The number of hydrogen-bond acceptors (Lipinski definition) is 3. The second-order valence-electron chi connectivity index (χ2n) is 5.98. The van der Waals surface area contributed by atoms with Gasteiger partial charge >= 0.3 is 0 Å². The predicted molar refractivity (Wildman–Crippen MR) is 102 cm³/mol. The average Bonchev–Trinajstić information content (AvgIpc) is 3.13. The largest absolute Gasteiger partial charge is 0.484 e. The fourth-order valence-corrected chi connectivity index (χ4v) is 3.11. The number of amides is 2. The third kappa shape index (κ3) is 4.68. The summed E-state index contributed by atoms with van der Waals surface area (Å²) in [6.07, 6.45) is 1.41. The van der Waals surface area contributed by atoms with Gasteiger partial charge in [0.25, 0.3) is 5.91 Å². The molecule has 26 heavy (non-hydrogen) atoms. The van der Waals surface area contributed by atoms with E-state index in [1.54, 1.807) is 53.4 Å². The summed E-state index contributed by atoms with van der Waals surface area (Å²) in [7, 11) is 0. The van der Waals surface area contributed by atoms with E-state index in [-0.39, 0.29) is 18.4 Å². The summed E-state index contributed by atoms with van der Waals surface area (Å²) in [5, 5.41) is 4.03. The van der Waals surface area contributed by atoms with Crippen LogP contribution in [-0.2, 0) is 9.59 Å². The molecule has 1 heterocycles. The van der Waals surface area contributed by atoms with Crippen molar-refractivity contribution in [1.82, 2.24) is 4.90 Å². The number of halogens is 2. The number of hydrogen-bond donors (Lipinski definition) is 1. The van der Waals surface area contributed by atoms with E-state index >= 15 is 0 Å². The van der Waals surface area contributed by atoms with E-state index in [9.17, 15) is 9.59 Å². The molecule has 2 aromatic rings. The molecule has 1 N–H and O–H groups in total. The smallest absolute Gasteiger partial charge is 0.261 e. The third-order valence-corrected chi connectivity index (χ3v) is 4.67. The van der Waals surface area contributed by atoms with Crippen molar-refractivity contribution in [2.75, 3.05) is 18.5 Å². The molecule has 5 nitrogen and oxygen atoms in total. The van der Waals surface area contributed by atoms with Crippen molar-refractivity contribution in [1.29, 1.82) is 0 Å². The average molecular weight is 393 g/mol. The minimum Gasteiger partial charge on any atom is -0.484 e. The molecule has 0 radical (unpaired) electrons. The fourth-order valence-electron chi connectivity index (χ4n) is 2.86. The van der Waals surface area contributed by atoms with Crippen molar-refractivity contribution >= 4 is 40.7 Å². The second kappa shape index (κ2) is 8.43. The number of anilines is 1. The van der Waals surface area contributed by atoms with Gasteiger partial charge in [0.2, 0.25) is 5.91 Å². The highest BCUT2D eigenvalue weighted by Crippen LogP contribution is 2.21. The molecule has 0 unspecified atom stereocenters. The summed E-state index contributed by atoms with van der Waals surface area (Å²) in [5.41, 5.74) is 0.649. The SMILES string of the molecule is O=C(Nc1ccc(Cl)cc1)[C@@H]1CCCN1C(=O)COc1ccc(Cl)cc1. The zero-order chi connectivity index (χ0) is 18.5. The third-order valence-electron chi connectivity index (χ3n) is 4.16. The van der Waals surface area contributed by atoms with Gasteiger partial charge < -0.3 is 15.0 Å². The summed E-state index contributed by atoms with van der Waals surface area (Å²) in [6, 6.07) is 13.2. The number of likely N-dealkylation sites (tertiary alicyclic amines) is 1. The Bertz CT molecular complexity index is 778. The van der Waals surface area contributed by atoms with Crippen LogP contribution in [0.3, 0.4) is 0 Å². The van der Waals surface area contributed by atoms with Crippen LogP contribution in [0.15, 0.2) is 48.5 Å². The highest BCUT2D eigenvalue weighted by Gasteiger charge is 2.34. The first-order chi connectivity index (χ1) is 12.5. The first-order valence-electron chi connectivity index (χ1n) is 8.27. The van der Waals surface area contributed by atoms with Crippen LogP contribution in [-0.4, -0.2) is 35.9 Å². The Morgan fingerprint density at radius 1 is 1.04 bits per heavy atom. The maximum atomic E-state index is 12.5. The lowest BCUT2D eigenvalue weighted by Crippen LogP contribution is -2.45. The quantitative estimate of drug-likeness (QED) is 0.836. The molecule has 1 aliphatic rings. The molecule has 1 atom stereocenters. The fraction of sp³-hybridized carbons (Fsp3) is 0.263. The minimum absolute atomic E-state index is 0.119. The van der Waals surface area contributed by atoms with Crippen LogP contribution >= 0.6 is 23.2 Å². The Labute approximate surface area is 161 Å². The summed E-state index contributed by atoms with van der Waals surface area (Å²) in [5.74, 6) is 0.141. The van der Waals surface area contributed by atoms with Crippen LogP contribution in [0.4, 0.5) is 5.69 Å². The van der Waals surface area contributed by atoms with Crippen LogP contribution in [0.25, 0.3) is 0 Å². The number of rotatable bonds is 5. The highest BCUT2D eigenvalue weighted by atomic mass is 35.5. The zero-order valence-electron chi connectivity index (χ0n) is 14.0. The lowest BCUT2D eigenvalue weighted by Gasteiger charge is -2.24. The first-order valence-corrected chi connectivity index (χ1v) is 9.03. The van der Waals surface area contributed by atoms with Gasteiger partial charge in [-0.1, -0.05) is 23.2 Å². The van der Waals surface area contributed by atoms with Crippen LogP contribution in [0.2, 0.25) is 10.0 Å². The molecule has 1 saturated heterocycles. The standard InChI is InChI=1S/C19H18Cl2N2O3/c20-13-3-7-15(8-4-13)22-19(25)17-2-1-11-23(17)18(24)12-26-16-9-5-14(21)6-10-16/h3-10,17H,1-2,11-12H2,(H,22,25)/t17-/m0/s1. The Morgan fingerprint density at radius 3 is 2.31 bits per heavy atom. The van der Waals surface area contributed by atoms with Gasteiger partial charge in [-0.05, 0) is 61.4 Å². The lowest BCUT2D eigenvalue weighted by atomic mass is 10.2. The van der Waals surface area contributed by atoms with Gasteiger partial charge in [0, 0.05) is 22.3 Å². The van der Waals surface area contributed by atoms with Crippen molar-refractivity contribution < 1.29 is 14.3 Å². The lowest BCUT2D eigenvalue weighted by molar-refractivity contribution is -0.138. The summed E-state index contributed by atoms with van der Waals surface area (Å²) < 4.78 is 5.50. The monoisotopic (exact) mass is 392 g/mol. The predicted octanol–water partition coefficient (Wildman–Crippen LogP) is 4.00. The van der Waals surface area contributed by atoms with Gasteiger partial charge in [-0.15, -0.1) is 0 Å². The maximum Gasteiger partial charge on any atom is 0.261 e. The number of nitrogens with one attached hydrogen (secondary N) is 1. The van der Waals surface area contributed by atoms with Crippen molar-refractivity contribution in [3.8, 4) is 5.75 Å². The van der Waals surface area contributed by atoms with Gasteiger partial charge in [0.15, 0.2) is 6.61 Å². The van der Waals surface area contributed by atoms with Crippen LogP contribution in [0.1, 0.15) is 12.8 Å². The van der Waals surface area contributed by atoms with Crippen LogP contribution in [0, 0.1) is 0 Å². The zero-order valence-corrected chi connectivity index (χ0v) is 15.5. The van der Waals surface area contributed by atoms with Gasteiger partial charge in [-0.2, -0.15) is 0 Å². The molecule has 0 saturated carbocycles. The van der Waals surface area contributed by atoms with E-state index in [2.05, 4.69) is 5.32 Å². The number of benzene rings is 2. The molecule has 0 aliphatic carbocycles. The molecule has 7 heteroatoms. The minimum atomic E-state index is -0.494. The second-order valence-corrected chi connectivity index (χ2v) is 6.86. The topological polar surface area (TPSA) is 58.6 Å². The Kier molecular flexibility index (Phi) is 6.01. The van der Waals surface area contributed by atoms with Gasteiger partial charge in [0.1, 0.15) is 11.8 Å². The first kappa shape index (κ1) is 18.5. The van der Waals surface area contributed by atoms with E-state index in [1.165, 1.54) is 0 Å². The van der Waals surface area contributed by atoms with Crippen molar-refractivity contribution in [2.24, 2.45) is 0 Å². The van der Waals surface area contributed by atoms with Crippen molar-refractivity contribution in [3.05, 3.63) is 58.6 Å². The molecule has 0 bridgehead atoms. The Morgan fingerprint density at radius 2 is 1.65 bits per heavy atom. The highest BCUT2D eigenvalue weighted by molar-refractivity contribution is 6.30. The van der Waals surface area contributed by atoms with Gasteiger partial charge in [0.05, 0.1) is 0 Å². The van der Waals surface area contributed by atoms with Crippen molar-refractivity contribution in [3.63, 3.8) is 0 Å². The number of carbonyl (C=O) groups is 2. The van der Waals surface area contributed by atoms with Crippen LogP contribution in [0.5, 0.6) is 5.75 Å². The Balaban J connectivity index is 1.57. The van der Waals surface area contributed by atoms with E-state index in [4.69, 9.17) is 27.9 Å². The molecular weight excluding hydrogens is 375 g/mol. The summed E-state index contributed by atoms with van der Waals surface area (Å²) in [4.78, 5) is 26.6. The Hall–Kier alpha value is -2.24. The van der Waals surface area contributed by atoms with E-state index in [1.807, 2.05) is 0 Å². The normalized spacial score (nSPS) is 16.4. The molecule has 0 spiro atoms. The van der Waals surface area contributed by atoms with E-state index < -0.39 is 6.04 Å². The van der Waals surface area contributed by atoms with E-state index in [0.717, 1.165) is 6.42 Å². The maximum absolute atomic E-state index is 12.5. The molecule has 0 aromatic heterocycles. The molecule has 136 valence electrons. The molecular formula is C19H18Cl2N2O3. The number of ether oxygens (including phenoxy) is 1. The van der Waals surface area contributed by atoms with Crippen LogP contribution < -0.4 is 10.1 Å². The van der Waals surface area contributed by atoms with Gasteiger partial charge in [-0.3, -0.25) is 9.59 Å². The molecule has 3 rings (SSSR count). The molecule has 1 fully saturated rings. The summed E-state index contributed by atoms with van der Waals surface area (Å²) >= 11 is 11.7. The molecule has 2 amide bonds. The number of carbonyl (C=O) groups excluding carboxylic acids is 2. The van der Waals surface area contributed by atoms with Crippen molar-refractivity contribution in [2.45, 2.75) is 18.9 Å². The molecule has 1 aliphatic heterocycles. The van der Waals surface area contributed by atoms with E-state index in [0.29, 0.717) is 34.4 Å².